The predicted octanol–water partition coefficient (Wildman–Crippen LogP) is 0.685. The van der Waals surface area contributed by atoms with Crippen LogP contribution in [-0.2, 0) is 9.53 Å². The first-order valence-corrected chi connectivity index (χ1v) is 6.43. The largest absolute Gasteiger partial charge is 0.394 e. The van der Waals surface area contributed by atoms with Gasteiger partial charge in [0.15, 0.2) is 5.78 Å². The van der Waals surface area contributed by atoms with Crippen molar-refractivity contribution >= 4 is 5.78 Å². The molecular formula is C13H23NO3. The molecule has 3 fully saturated rings. The highest BCUT2D eigenvalue weighted by Crippen LogP contribution is 2.49. The highest BCUT2D eigenvalue weighted by Gasteiger charge is 2.61. The number of piperidine rings is 3. The molecule has 2 bridgehead atoms. The van der Waals surface area contributed by atoms with Crippen LogP contribution in [0.4, 0.5) is 0 Å². The molecular weight excluding hydrogens is 218 g/mol. The Bertz CT molecular complexity index is 308. The minimum absolute atomic E-state index is 0.131. The van der Waals surface area contributed by atoms with Crippen molar-refractivity contribution in [3.8, 4) is 0 Å². The first kappa shape index (κ1) is 13.0. The number of fused-ring (bicyclic) bond motifs is 3. The van der Waals surface area contributed by atoms with Crippen LogP contribution in [0.5, 0.6) is 0 Å². The molecule has 3 aliphatic rings. The molecule has 0 spiro atoms. The number of hydrogen-bond donors (Lipinski definition) is 1. The molecule has 3 saturated heterocycles. The topological polar surface area (TPSA) is 49.8 Å². The third-order valence-corrected chi connectivity index (χ3v) is 4.89. The van der Waals surface area contributed by atoms with Gasteiger partial charge >= 0.3 is 0 Å². The van der Waals surface area contributed by atoms with Crippen molar-refractivity contribution in [2.24, 2.45) is 11.3 Å². The van der Waals surface area contributed by atoms with E-state index in [1.165, 1.54) is 0 Å². The van der Waals surface area contributed by atoms with E-state index in [2.05, 4.69) is 18.7 Å². The fraction of sp³-hybridized carbons (Fsp3) is 0.923. The van der Waals surface area contributed by atoms with Crippen LogP contribution in [0.1, 0.15) is 26.7 Å². The third-order valence-electron chi connectivity index (χ3n) is 4.89. The molecule has 0 aromatic carbocycles. The number of carbonyl (C=O) groups excluding carboxylic acids is 1. The lowest BCUT2D eigenvalue weighted by atomic mass is 9.58. The third kappa shape index (κ3) is 1.58. The summed E-state index contributed by atoms with van der Waals surface area (Å²) < 4.78 is 5.20. The van der Waals surface area contributed by atoms with Crippen LogP contribution < -0.4 is 0 Å². The van der Waals surface area contributed by atoms with Gasteiger partial charge in [-0.3, -0.25) is 9.69 Å². The molecule has 0 amide bonds. The molecule has 0 saturated carbocycles. The summed E-state index contributed by atoms with van der Waals surface area (Å²) in [5, 5.41) is 9.72. The van der Waals surface area contributed by atoms with Gasteiger partial charge in [-0.05, 0) is 18.8 Å². The monoisotopic (exact) mass is 241 g/mol. The summed E-state index contributed by atoms with van der Waals surface area (Å²) in [7, 11) is 1.59. The van der Waals surface area contributed by atoms with Crippen LogP contribution in [0.25, 0.3) is 0 Å². The number of aliphatic hydroxyl groups excluding tert-OH is 1. The maximum absolute atomic E-state index is 12.8. The molecule has 3 heterocycles. The van der Waals surface area contributed by atoms with Crippen molar-refractivity contribution < 1.29 is 14.6 Å². The van der Waals surface area contributed by atoms with Crippen molar-refractivity contribution in [3.05, 3.63) is 0 Å². The minimum Gasteiger partial charge on any atom is -0.394 e. The Kier molecular flexibility index (Phi) is 3.31. The van der Waals surface area contributed by atoms with Crippen molar-refractivity contribution in [3.63, 3.8) is 0 Å². The summed E-state index contributed by atoms with van der Waals surface area (Å²) >= 11 is 0. The van der Waals surface area contributed by atoms with Gasteiger partial charge in [0.05, 0.1) is 13.2 Å². The number of rotatable bonds is 4. The molecule has 3 aliphatic heterocycles. The Morgan fingerprint density at radius 3 is 2.41 bits per heavy atom. The normalized spacial score (nSPS) is 41.2. The number of ether oxygens (including phenoxy) is 1. The first-order valence-electron chi connectivity index (χ1n) is 6.43. The quantitative estimate of drug-likeness (QED) is 0.786. The Labute approximate surface area is 103 Å². The molecule has 0 aromatic rings. The number of carbonyl (C=O) groups is 1. The average molecular weight is 241 g/mol. The van der Waals surface area contributed by atoms with Crippen LogP contribution in [0.15, 0.2) is 0 Å². The summed E-state index contributed by atoms with van der Waals surface area (Å²) in [6.07, 6.45) is 1.85. The second kappa shape index (κ2) is 4.34. The van der Waals surface area contributed by atoms with Crippen LogP contribution >= 0.6 is 0 Å². The molecule has 1 N–H and O–H groups in total. The van der Waals surface area contributed by atoms with Crippen LogP contribution in [0.3, 0.4) is 0 Å². The number of Topliss-reactive ketones (excluding diaryl/α,β-unsaturated/α-hetero) is 1. The second-order valence-electron chi connectivity index (χ2n) is 5.75. The van der Waals surface area contributed by atoms with Gasteiger partial charge in [0, 0.05) is 25.6 Å². The van der Waals surface area contributed by atoms with Gasteiger partial charge in [0.1, 0.15) is 5.54 Å². The molecule has 3 rings (SSSR count). The van der Waals surface area contributed by atoms with Gasteiger partial charge in [0.2, 0.25) is 0 Å². The van der Waals surface area contributed by atoms with Gasteiger partial charge in [-0.1, -0.05) is 13.8 Å². The van der Waals surface area contributed by atoms with E-state index in [0.717, 1.165) is 25.9 Å². The van der Waals surface area contributed by atoms with Crippen molar-refractivity contribution in [2.75, 3.05) is 33.4 Å². The lowest BCUT2D eigenvalue weighted by molar-refractivity contribution is -0.176. The van der Waals surface area contributed by atoms with Gasteiger partial charge in [-0.2, -0.15) is 0 Å². The molecule has 4 nitrogen and oxygen atoms in total. The average Bonchev–Trinajstić information content (AvgIpc) is 2.34. The summed E-state index contributed by atoms with van der Waals surface area (Å²) in [5.74, 6) is 0.530. The Morgan fingerprint density at radius 1 is 1.41 bits per heavy atom. The highest BCUT2D eigenvalue weighted by atomic mass is 16.5. The number of aliphatic hydroxyl groups is 1. The number of ketones is 1. The summed E-state index contributed by atoms with van der Waals surface area (Å²) in [4.78, 5) is 14.9. The van der Waals surface area contributed by atoms with E-state index in [9.17, 15) is 9.90 Å². The first-order chi connectivity index (χ1) is 8.03. The van der Waals surface area contributed by atoms with Gasteiger partial charge in [-0.15, -0.1) is 0 Å². The lowest BCUT2D eigenvalue weighted by Gasteiger charge is -2.58. The van der Waals surface area contributed by atoms with E-state index in [1.807, 2.05) is 0 Å². The SMILES string of the molecule is COC[C@]1(CO)C(=O)C2(C(C)C)CCN1CC2. The highest BCUT2D eigenvalue weighted by molar-refractivity contribution is 5.95. The van der Waals surface area contributed by atoms with Crippen LogP contribution in [0, 0.1) is 11.3 Å². The molecule has 17 heavy (non-hydrogen) atoms. The number of hydrogen-bond acceptors (Lipinski definition) is 4. The minimum atomic E-state index is -0.782. The lowest BCUT2D eigenvalue weighted by Crippen LogP contribution is -2.73. The molecule has 0 aliphatic carbocycles. The Balaban J connectivity index is 2.39. The van der Waals surface area contributed by atoms with E-state index in [1.54, 1.807) is 7.11 Å². The Hall–Kier alpha value is -0.450. The van der Waals surface area contributed by atoms with E-state index >= 15 is 0 Å². The van der Waals surface area contributed by atoms with E-state index in [-0.39, 0.29) is 17.8 Å². The summed E-state index contributed by atoms with van der Waals surface area (Å²) in [6.45, 7) is 6.20. The summed E-state index contributed by atoms with van der Waals surface area (Å²) in [5.41, 5.74) is -1.02. The zero-order chi connectivity index (χ0) is 12.7. The fourth-order valence-corrected chi connectivity index (χ4v) is 3.62. The van der Waals surface area contributed by atoms with E-state index in [4.69, 9.17) is 4.74 Å². The predicted molar refractivity (Wildman–Crippen MR) is 64.8 cm³/mol. The second-order valence-corrected chi connectivity index (χ2v) is 5.75. The van der Waals surface area contributed by atoms with Crippen molar-refractivity contribution in [2.45, 2.75) is 32.2 Å². The zero-order valence-electron chi connectivity index (χ0n) is 11.0. The van der Waals surface area contributed by atoms with Gasteiger partial charge in [0.25, 0.3) is 0 Å². The van der Waals surface area contributed by atoms with E-state index in [0.29, 0.717) is 12.5 Å². The zero-order valence-corrected chi connectivity index (χ0v) is 11.0. The Morgan fingerprint density at radius 2 is 2.00 bits per heavy atom. The van der Waals surface area contributed by atoms with Gasteiger partial charge in [-0.25, -0.2) is 0 Å². The molecule has 98 valence electrons. The van der Waals surface area contributed by atoms with E-state index < -0.39 is 5.54 Å². The van der Waals surface area contributed by atoms with Crippen molar-refractivity contribution in [1.29, 1.82) is 0 Å². The summed E-state index contributed by atoms with van der Waals surface area (Å²) in [6, 6.07) is 0. The number of methoxy groups -OCH3 is 1. The molecule has 0 aromatic heterocycles. The maximum atomic E-state index is 12.8. The van der Waals surface area contributed by atoms with Crippen LogP contribution in [-0.4, -0.2) is 54.7 Å². The smallest absolute Gasteiger partial charge is 0.164 e. The standard InChI is InChI=1S/C13H23NO3/c1-10(2)12-4-6-14(7-5-12)13(8-15,9-17-3)11(12)16/h10,15H,4-9H2,1-3H3/t13-/m1/s1. The fourth-order valence-electron chi connectivity index (χ4n) is 3.62. The maximum Gasteiger partial charge on any atom is 0.164 e. The number of nitrogens with zero attached hydrogens (tertiary/aromatic N) is 1. The van der Waals surface area contributed by atoms with Crippen LogP contribution in [0.2, 0.25) is 0 Å². The molecule has 1 atom stereocenters. The van der Waals surface area contributed by atoms with Crippen molar-refractivity contribution in [1.82, 2.24) is 4.90 Å². The molecule has 4 heteroatoms. The molecule has 0 unspecified atom stereocenters. The molecule has 0 radical (unpaired) electrons. The van der Waals surface area contributed by atoms with Gasteiger partial charge < -0.3 is 9.84 Å².